The van der Waals surface area contributed by atoms with Gasteiger partial charge in [0.1, 0.15) is 6.04 Å². The maximum absolute atomic E-state index is 8.35. The Morgan fingerprint density at radius 2 is 2.46 bits per heavy atom. The van der Waals surface area contributed by atoms with Crippen LogP contribution in [-0.2, 0) is 14.2 Å². The summed E-state index contributed by atoms with van der Waals surface area (Å²) in [5.41, 5.74) is 8.35. The largest absolute Gasteiger partial charge is 0.381 e. The van der Waals surface area contributed by atoms with Crippen LogP contribution in [0.1, 0.15) is 6.42 Å². The number of ether oxygens (including phenoxy) is 3. The number of nitrogens with zero attached hydrogens (tertiary/aromatic N) is 3. The third-order valence-electron chi connectivity index (χ3n) is 2.42. The number of hydrogen-bond donors (Lipinski definition) is 0. The molecular weight excluding hydrogens is 174 g/mol. The van der Waals surface area contributed by atoms with Crippen LogP contribution in [0.4, 0.5) is 0 Å². The van der Waals surface area contributed by atoms with Gasteiger partial charge in [-0.05, 0) is 5.53 Å². The van der Waals surface area contributed by atoms with E-state index in [1.807, 2.05) is 0 Å². The molecule has 0 saturated carbocycles. The summed E-state index contributed by atoms with van der Waals surface area (Å²) >= 11 is 0. The van der Waals surface area contributed by atoms with Crippen LogP contribution in [0.3, 0.4) is 0 Å². The lowest BCUT2D eigenvalue weighted by molar-refractivity contribution is -0.137. The van der Waals surface area contributed by atoms with Crippen LogP contribution in [0.25, 0.3) is 10.4 Å². The van der Waals surface area contributed by atoms with Gasteiger partial charge in [0, 0.05) is 18.4 Å². The van der Waals surface area contributed by atoms with Crippen molar-refractivity contribution in [2.45, 2.75) is 31.0 Å². The van der Waals surface area contributed by atoms with Crippen molar-refractivity contribution in [2.24, 2.45) is 5.11 Å². The van der Waals surface area contributed by atoms with Crippen molar-refractivity contribution in [3.05, 3.63) is 10.4 Å². The molecule has 0 radical (unpaired) electrons. The van der Waals surface area contributed by atoms with Crippen molar-refractivity contribution >= 4 is 0 Å². The van der Waals surface area contributed by atoms with Crippen LogP contribution >= 0.6 is 0 Å². The maximum atomic E-state index is 8.35. The first-order valence-corrected chi connectivity index (χ1v) is 4.19. The van der Waals surface area contributed by atoms with E-state index in [1.54, 1.807) is 7.11 Å². The Balaban J connectivity index is 2.14. The molecule has 2 saturated heterocycles. The Morgan fingerprint density at radius 1 is 1.62 bits per heavy atom. The quantitative estimate of drug-likeness (QED) is 0.363. The van der Waals surface area contributed by atoms with E-state index in [1.165, 1.54) is 0 Å². The smallest absolute Gasteiger partial charge is 0.169 e. The average molecular weight is 185 g/mol. The first-order valence-electron chi connectivity index (χ1n) is 4.19. The van der Waals surface area contributed by atoms with Crippen LogP contribution in [0.15, 0.2) is 5.11 Å². The number of methoxy groups -OCH3 is 1. The zero-order valence-electron chi connectivity index (χ0n) is 7.29. The van der Waals surface area contributed by atoms with E-state index in [9.17, 15) is 0 Å². The predicted octanol–water partition coefficient (Wildman–Crippen LogP) is 0.825. The first kappa shape index (κ1) is 8.77. The van der Waals surface area contributed by atoms with Gasteiger partial charge in [0.15, 0.2) is 6.29 Å². The Hall–Kier alpha value is -0.810. The van der Waals surface area contributed by atoms with Gasteiger partial charge < -0.3 is 14.2 Å². The highest BCUT2D eigenvalue weighted by atomic mass is 16.7. The molecular formula is C7H11N3O3. The van der Waals surface area contributed by atoms with Gasteiger partial charge in [0.25, 0.3) is 0 Å². The highest BCUT2D eigenvalue weighted by Gasteiger charge is 2.43. The molecule has 2 aliphatic heterocycles. The SMILES string of the molecule is COC1CC2CO[C@H](O2)[C@H]1N=[N+]=[N-]. The summed E-state index contributed by atoms with van der Waals surface area (Å²) in [5.74, 6) is 0. The monoisotopic (exact) mass is 185 g/mol. The van der Waals surface area contributed by atoms with Crippen molar-refractivity contribution in [3.8, 4) is 0 Å². The summed E-state index contributed by atoms with van der Waals surface area (Å²) in [4.78, 5) is 2.76. The molecule has 2 heterocycles. The van der Waals surface area contributed by atoms with Crippen LogP contribution in [0, 0.1) is 0 Å². The molecule has 2 fully saturated rings. The van der Waals surface area contributed by atoms with E-state index in [2.05, 4.69) is 10.0 Å². The van der Waals surface area contributed by atoms with E-state index < -0.39 is 6.29 Å². The summed E-state index contributed by atoms with van der Waals surface area (Å²) in [6, 6.07) is -0.353. The van der Waals surface area contributed by atoms with Crippen molar-refractivity contribution in [1.82, 2.24) is 0 Å². The lowest BCUT2D eigenvalue weighted by Gasteiger charge is -2.30. The van der Waals surface area contributed by atoms with Crippen LogP contribution in [0.2, 0.25) is 0 Å². The van der Waals surface area contributed by atoms with E-state index >= 15 is 0 Å². The Labute approximate surface area is 75.4 Å². The number of azide groups is 1. The van der Waals surface area contributed by atoms with Gasteiger partial charge in [-0.15, -0.1) is 0 Å². The molecule has 0 amide bonds. The van der Waals surface area contributed by atoms with Gasteiger partial charge in [-0.25, -0.2) is 0 Å². The van der Waals surface area contributed by atoms with Crippen molar-refractivity contribution in [3.63, 3.8) is 0 Å². The van der Waals surface area contributed by atoms with Crippen molar-refractivity contribution in [2.75, 3.05) is 13.7 Å². The molecule has 2 bridgehead atoms. The van der Waals surface area contributed by atoms with Gasteiger partial charge in [-0.2, -0.15) is 0 Å². The van der Waals surface area contributed by atoms with Gasteiger partial charge in [0.05, 0.1) is 18.8 Å². The summed E-state index contributed by atoms with van der Waals surface area (Å²) in [7, 11) is 1.61. The van der Waals surface area contributed by atoms with Gasteiger partial charge in [0.2, 0.25) is 0 Å². The Morgan fingerprint density at radius 3 is 3.15 bits per heavy atom. The molecule has 0 aromatic rings. The fraction of sp³-hybridized carbons (Fsp3) is 1.00. The van der Waals surface area contributed by atoms with E-state index in [-0.39, 0.29) is 18.2 Å². The second kappa shape index (κ2) is 3.51. The lowest BCUT2D eigenvalue weighted by Crippen LogP contribution is -2.43. The highest BCUT2D eigenvalue weighted by molar-refractivity contribution is 4.91. The number of rotatable bonds is 2. The molecule has 72 valence electrons. The Kier molecular flexibility index (Phi) is 2.37. The van der Waals surface area contributed by atoms with E-state index in [4.69, 9.17) is 19.7 Å². The lowest BCUT2D eigenvalue weighted by atomic mass is 10.0. The van der Waals surface area contributed by atoms with Gasteiger partial charge >= 0.3 is 0 Å². The standard InChI is InChI=1S/C7H11N3O3/c1-11-5-2-4-3-12-7(13-4)6(5)9-10-8/h4-7H,2-3H2,1H3/t4?,5?,6-,7+/m0/s1. The summed E-state index contributed by atoms with van der Waals surface area (Å²) in [6.45, 7) is 0.571. The predicted molar refractivity (Wildman–Crippen MR) is 43.0 cm³/mol. The molecule has 0 aromatic heterocycles. The minimum absolute atomic E-state index is 0.0813. The first-order chi connectivity index (χ1) is 6.35. The normalized spacial score (nSPS) is 42.8. The topological polar surface area (TPSA) is 76.5 Å². The molecule has 4 atom stereocenters. The zero-order chi connectivity index (χ0) is 9.26. The van der Waals surface area contributed by atoms with E-state index in [0.29, 0.717) is 6.61 Å². The van der Waals surface area contributed by atoms with Crippen LogP contribution in [0.5, 0.6) is 0 Å². The van der Waals surface area contributed by atoms with Crippen molar-refractivity contribution in [1.29, 1.82) is 0 Å². The van der Waals surface area contributed by atoms with Crippen LogP contribution in [-0.4, -0.2) is 38.3 Å². The molecule has 6 heteroatoms. The van der Waals surface area contributed by atoms with E-state index in [0.717, 1.165) is 6.42 Å². The fourth-order valence-electron chi connectivity index (χ4n) is 1.77. The summed E-state index contributed by atoms with van der Waals surface area (Å²) in [6.07, 6.45) is 0.332. The average Bonchev–Trinajstić information content (AvgIpc) is 2.54. The molecule has 0 N–H and O–H groups in total. The van der Waals surface area contributed by atoms with Crippen LogP contribution < -0.4 is 0 Å². The second-order valence-corrected chi connectivity index (χ2v) is 3.17. The van der Waals surface area contributed by atoms with Crippen molar-refractivity contribution < 1.29 is 14.2 Å². The second-order valence-electron chi connectivity index (χ2n) is 3.17. The highest BCUT2D eigenvalue weighted by Crippen LogP contribution is 2.30. The maximum Gasteiger partial charge on any atom is 0.169 e. The Bertz CT molecular complexity index is 241. The molecule has 0 aromatic carbocycles. The zero-order valence-corrected chi connectivity index (χ0v) is 7.29. The molecule has 0 aliphatic carbocycles. The molecule has 6 nitrogen and oxygen atoms in total. The molecule has 13 heavy (non-hydrogen) atoms. The minimum Gasteiger partial charge on any atom is -0.381 e. The third kappa shape index (κ3) is 1.49. The number of hydrogen-bond acceptors (Lipinski definition) is 4. The summed E-state index contributed by atoms with van der Waals surface area (Å²) in [5, 5.41) is 3.62. The van der Waals surface area contributed by atoms with Gasteiger partial charge in [-0.3, -0.25) is 0 Å². The molecule has 2 aliphatic rings. The fourth-order valence-corrected chi connectivity index (χ4v) is 1.77. The molecule has 2 rings (SSSR count). The summed E-state index contributed by atoms with van der Waals surface area (Å²) < 4.78 is 15.9. The van der Waals surface area contributed by atoms with Gasteiger partial charge in [-0.1, -0.05) is 5.11 Å². The third-order valence-corrected chi connectivity index (χ3v) is 2.42. The molecule has 2 unspecified atom stereocenters. The minimum atomic E-state index is -0.417. The molecule has 0 spiro atoms. The number of fused-ring (bicyclic) bond motifs is 2.